The van der Waals surface area contributed by atoms with Crippen molar-refractivity contribution in [3.8, 4) is 0 Å². The first kappa shape index (κ1) is 17.1. The van der Waals surface area contributed by atoms with Crippen LogP contribution in [0.15, 0.2) is 23.0 Å². The van der Waals surface area contributed by atoms with Gasteiger partial charge in [0, 0.05) is 12.1 Å². The van der Waals surface area contributed by atoms with Gasteiger partial charge in [0.2, 0.25) is 6.35 Å². The molecule has 3 aliphatic rings. The summed E-state index contributed by atoms with van der Waals surface area (Å²) in [6.07, 6.45) is -3.67. The van der Waals surface area contributed by atoms with E-state index >= 15 is 0 Å². The molecule has 0 aromatic heterocycles. The average Bonchev–Trinajstić information content (AvgIpc) is 2.85. The summed E-state index contributed by atoms with van der Waals surface area (Å²) in [5.74, 6) is -0.164. The molecule has 0 fully saturated rings. The fourth-order valence-corrected chi connectivity index (χ4v) is 3.26. The highest BCUT2D eigenvalue weighted by Gasteiger charge is 2.41. The minimum absolute atomic E-state index is 0.0290. The Labute approximate surface area is 136 Å². The van der Waals surface area contributed by atoms with Crippen molar-refractivity contribution in [2.45, 2.75) is 37.8 Å². The third kappa shape index (κ3) is 3.21. The molecule has 5 N–H and O–H groups in total. The van der Waals surface area contributed by atoms with Gasteiger partial charge in [-0.1, -0.05) is 6.08 Å². The third-order valence-corrected chi connectivity index (χ3v) is 4.48. The molecular formula is C14H19F3N4O3. The molecule has 134 valence electrons. The number of hydrazine groups is 1. The Balaban J connectivity index is 1.70. The number of carbonyl (C=O) groups excluding carboxylic acids is 1. The van der Waals surface area contributed by atoms with E-state index in [-0.39, 0.29) is 30.9 Å². The lowest BCUT2D eigenvalue weighted by Crippen LogP contribution is -2.52. The van der Waals surface area contributed by atoms with E-state index < -0.39 is 30.1 Å². The van der Waals surface area contributed by atoms with Crippen molar-refractivity contribution in [3.63, 3.8) is 0 Å². The third-order valence-electron chi connectivity index (χ3n) is 4.48. The highest BCUT2D eigenvalue weighted by Crippen LogP contribution is 2.36. The van der Waals surface area contributed by atoms with Crippen LogP contribution in [-0.4, -0.2) is 52.9 Å². The number of alkyl halides is 3. The number of amides is 1. The van der Waals surface area contributed by atoms with Crippen LogP contribution in [0.2, 0.25) is 0 Å². The lowest BCUT2D eigenvalue weighted by molar-refractivity contribution is -0.122. The molecule has 0 saturated carbocycles. The summed E-state index contributed by atoms with van der Waals surface area (Å²) in [5.41, 5.74) is 2.74. The van der Waals surface area contributed by atoms with Crippen molar-refractivity contribution in [2.75, 3.05) is 13.2 Å². The number of aliphatic hydroxyl groups is 2. The minimum atomic E-state index is -4.28. The topological polar surface area (TPSA) is 96.9 Å². The Bertz CT molecular complexity index is 590. The molecule has 0 aromatic carbocycles. The Morgan fingerprint density at radius 1 is 1.33 bits per heavy atom. The number of hydrogen-bond donors (Lipinski definition) is 5. The molecule has 0 bridgehead atoms. The maximum absolute atomic E-state index is 12.7. The van der Waals surface area contributed by atoms with Crippen LogP contribution in [0.4, 0.5) is 13.2 Å². The Morgan fingerprint density at radius 3 is 2.67 bits per heavy atom. The highest BCUT2D eigenvalue weighted by atomic mass is 19.4. The summed E-state index contributed by atoms with van der Waals surface area (Å²) in [7, 11) is 0. The van der Waals surface area contributed by atoms with Crippen molar-refractivity contribution in [1.82, 2.24) is 21.1 Å². The summed E-state index contributed by atoms with van der Waals surface area (Å²) >= 11 is 0. The first-order valence-corrected chi connectivity index (χ1v) is 7.70. The summed E-state index contributed by atoms with van der Waals surface area (Å²) in [5, 5.41) is 25.6. The summed E-state index contributed by atoms with van der Waals surface area (Å²) in [6.45, 7) is 0.0489. The molecule has 2 heterocycles. The van der Waals surface area contributed by atoms with Crippen LogP contribution in [0.1, 0.15) is 19.3 Å². The van der Waals surface area contributed by atoms with Crippen molar-refractivity contribution in [3.05, 3.63) is 23.0 Å². The zero-order valence-corrected chi connectivity index (χ0v) is 12.7. The first-order chi connectivity index (χ1) is 11.3. The molecule has 10 heteroatoms. The molecule has 2 aliphatic heterocycles. The molecule has 0 saturated heterocycles. The molecular weight excluding hydrogens is 329 g/mol. The van der Waals surface area contributed by atoms with Crippen LogP contribution < -0.4 is 16.1 Å². The van der Waals surface area contributed by atoms with Crippen LogP contribution in [0, 0.1) is 5.92 Å². The van der Waals surface area contributed by atoms with Crippen molar-refractivity contribution >= 4 is 5.91 Å². The molecule has 24 heavy (non-hydrogen) atoms. The number of nitrogens with one attached hydrogen (secondary N) is 3. The lowest BCUT2D eigenvalue weighted by atomic mass is 9.89. The average molecular weight is 348 g/mol. The monoisotopic (exact) mass is 348 g/mol. The van der Waals surface area contributed by atoms with E-state index in [0.717, 1.165) is 0 Å². The SMILES string of the molecule is O=C1N[C@@H](O)NC2=C1[C@H](CO)NN2C[C@@H]1CC=C(C(F)(F)F)CC1. The second kappa shape index (κ2) is 6.26. The van der Waals surface area contributed by atoms with E-state index in [1.165, 1.54) is 6.08 Å². The summed E-state index contributed by atoms with van der Waals surface area (Å²) in [6, 6.07) is -0.620. The quantitative estimate of drug-likeness (QED) is 0.448. The zero-order valence-electron chi connectivity index (χ0n) is 12.7. The number of halogens is 3. The van der Waals surface area contributed by atoms with Crippen LogP contribution in [0.25, 0.3) is 0 Å². The van der Waals surface area contributed by atoms with Crippen LogP contribution >= 0.6 is 0 Å². The molecule has 0 aromatic rings. The second-order valence-corrected chi connectivity index (χ2v) is 6.13. The fourth-order valence-electron chi connectivity index (χ4n) is 3.26. The van der Waals surface area contributed by atoms with Crippen LogP contribution in [0.5, 0.6) is 0 Å². The number of carbonyl (C=O) groups is 1. The van der Waals surface area contributed by atoms with E-state index in [2.05, 4.69) is 16.1 Å². The van der Waals surface area contributed by atoms with Crippen molar-refractivity contribution < 1.29 is 28.2 Å². The number of hydrogen-bond acceptors (Lipinski definition) is 6. The predicted octanol–water partition coefficient (Wildman–Crippen LogP) is -0.337. The highest BCUT2D eigenvalue weighted by molar-refractivity contribution is 5.96. The van der Waals surface area contributed by atoms with E-state index in [0.29, 0.717) is 18.8 Å². The van der Waals surface area contributed by atoms with Gasteiger partial charge in [-0.15, -0.1) is 0 Å². The molecule has 3 rings (SSSR count). The van der Waals surface area contributed by atoms with Gasteiger partial charge in [0.15, 0.2) is 0 Å². The Hall–Kier alpha value is -1.78. The standard InChI is InChI=1S/C14H19F3N4O3/c15-14(16,17)8-3-1-7(2-4-8)5-21-11-10(9(6-22)20-21)12(23)19-13(24)18-11/h3,7,9,13,18,20,22,24H,1-2,4-6H2,(H,19,23)/t7-,9+,13+/m1/s1. The summed E-state index contributed by atoms with van der Waals surface area (Å²) < 4.78 is 38.0. The van der Waals surface area contributed by atoms with Gasteiger partial charge in [-0.2, -0.15) is 13.2 Å². The van der Waals surface area contributed by atoms with Crippen LogP contribution in [-0.2, 0) is 4.79 Å². The molecule has 0 radical (unpaired) electrons. The van der Waals surface area contributed by atoms with Crippen molar-refractivity contribution in [1.29, 1.82) is 0 Å². The fraction of sp³-hybridized carbons (Fsp3) is 0.643. The maximum atomic E-state index is 12.7. The Kier molecular flexibility index (Phi) is 4.45. The first-order valence-electron chi connectivity index (χ1n) is 7.70. The van der Waals surface area contributed by atoms with Gasteiger partial charge in [0.05, 0.1) is 18.2 Å². The van der Waals surface area contributed by atoms with E-state index in [1.54, 1.807) is 5.01 Å². The molecule has 0 spiro atoms. The Morgan fingerprint density at radius 2 is 2.08 bits per heavy atom. The zero-order chi connectivity index (χ0) is 17.5. The lowest BCUT2D eigenvalue weighted by Gasteiger charge is -2.32. The molecule has 1 aliphatic carbocycles. The molecule has 1 amide bonds. The smallest absolute Gasteiger partial charge is 0.394 e. The second-order valence-electron chi connectivity index (χ2n) is 6.13. The predicted molar refractivity (Wildman–Crippen MR) is 76.5 cm³/mol. The van der Waals surface area contributed by atoms with Crippen LogP contribution in [0.3, 0.4) is 0 Å². The molecule has 3 atom stereocenters. The van der Waals surface area contributed by atoms with Gasteiger partial charge in [-0.05, 0) is 25.2 Å². The minimum Gasteiger partial charge on any atom is -0.394 e. The summed E-state index contributed by atoms with van der Waals surface area (Å²) in [4.78, 5) is 12.0. The maximum Gasteiger partial charge on any atom is 0.412 e. The normalized spacial score (nSPS) is 30.7. The number of aliphatic hydroxyl groups excluding tert-OH is 2. The molecule has 7 nitrogen and oxygen atoms in total. The number of nitrogens with zero attached hydrogens (tertiary/aromatic N) is 1. The van der Waals surface area contributed by atoms with Crippen molar-refractivity contribution in [2.24, 2.45) is 5.92 Å². The van der Waals surface area contributed by atoms with Gasteiger partial charge in [-0.3, -0.25) is 9.80 Å². The van der Waals surface area contributed by atoms with Gasteiger partial charge >= 0.3 is 6.18 Å². The largest absolute Gasteiger partial charge is 0.412 e. The van der Waals surface area contributed by atoms with Gasteiger partial charge < -0.3 is 20.8 Å². The number of rotatable bonds is 3. The van der Waals surface area contributed by atoms with E-state index in [1.807, 2.05) is 0 Å². The van der Waals surface area contributed by atoms with E-state index in [4.69, 9.17) is 0 Å². The van der Waals surface area contributed by atoms with Gasteiger partial charge in [0.25, 0.3) is 5.91 Å². The van der Waals surface area contributed by atoms with Gasteiger partial charge in [-0.25, -0.2) is 5.43 Å². The van der Waals surface area contributed by atoms with E-state index in [9.17, 15) is 28.2 Å². The van der Waals surface area contributed by atoms with Gasteiger partial charge in [0.1, 0.15) is 5.82 Å². The number of allylic oxidation sites excluding steroid dienone is 2. The molecule has 0 unspecified atom stereocenters.